The highest BCUT2D eigenvalue weighted by Gasteiger charge is 2.23. The molecule has 1 N–H and O–H groups in total. The van der Waals surface area contributed by atoms with Crippen molar-refractivity contribution < 1.29 is 13.5 Å². The minimum atomic E-state index is -0.533. The maximum atomic E-state index is 14.3. The van der Waals surface area contributed by atoms with E-state index in [1.54, 1.807) is 7.05 Å². The van der Waals surface area contributed by atoms with Crippen LogP contribution >= 0.6 is 15.9 Å². The molecule has 0 saturated heterocycles. The van der Waals surface area contributed by atoms with Crippen LogP contribution in [-0.2, 0) is 17.8 Å². The van der Waals surface area contributed by atoms with E-state index in [2.05, 4.69) is 26.2 Å². The highest BCUT2D eigenvalue weighted by Crippen LogP contribution is 2.36. The van der Waals surface area contributed by atoms with Crippen molar-refractivity contribution in [2.45, 2.75) is 13.0 Å². The van der Waals surface area contributed by atoms with Crippen LogP contribution in [0.1, 0.15) is 11.3 Å². The van der Waals surface area contributed by atoms with Crippen LogP contribution in [0.5, 0.6) is 0 Å². The lowest BCUT2D eigenvalue weighted by Crippen LogP contribution is -2.15. The minimum absolute atomic E-state index is 0.0608. The molecule has 2 aromatic rings. The van der Waals surface area contributed by atoms with Gasteiger partial charge in [0.2, 0.25) is 0 Å². The molecule has 2 heterocycles. The number of fused-ring (bicyclic) bond motifs is 2. The fourth-order valence-electron chi connectivity index (χ4n) is 2.40. The number of aromatic nitrogens is 1. The smallest absolute Gasteiger partial charge is 0.150 e. The van der Waals surface area contributed by atoms with Crippen LogP contribution in [0, 0.1) is 11.6 Å². The van der Waals surface area contributed by atoms with Gasteiger partial charge in [0.05, 0.1) is 34.5 Å². The van der Waals surface area contributed by atoms with Gasteiger partial charge < -0.3 is 10.1 Å². The Balaban J connectivity index is 2.47. The fraction of sp³-hybridized carbons (Fsp3) is 0.308. The van der Waals surface area contributed by atoms with Gasteiger partial charge in [0.25, 0.3) is 0 Å². The van der Waals surface area contributed by atoms with Gasteiger partial charge in [0.1, 0.15) is 11.3 Å². The van der Waals surface area contributed by atoms with E-state index in [9.17, 15) is 8.78 Å². The summed E-state index contributed by atoms with van der Waals surface area (Å²) in [6, 6.07) is 1.11. The average molecular weight is 329 g/mol. The number of rotatable bonds is 1. The quantitative estimate of drug-likeness (QED) is 0.815. The summed E-state index contributed by atoms with van der Waals surface area (Å²) in [5.74, 6) is -1.05. The lowest BCUT2D eigenvalue weighted by molar-refractivity contribution is 0.110. The third-order valence-electron chi connectivity index (χ3n) is 3.27. The first-order valence-corrected chi connectivity index (χ1v) is 6.67. The standard InChI is InChI=1S/C13H11BrF2N2O/c1-17-12-6-5-19-3-2-9(6)18-13-8(15)4-7(14)11(16)10(12)13/h4H,2-3,5H2,1H3,(H,17,18). The molecule has 0 bridgehead atoms. The van der Waals surface area contributed by atoms with E-state index in [-0.39, 0.29) is 15.4 Å². The Morgan fingerprint density at radius 3 is 2.95 bits per heavy atom. The molecule has 1 aromatic carbocycles. The van der Waals surface area contributed by atoms with E-state index in [0.29, 0.717) is 25.3 Å². The summed E-state index contributed by atoms with van der Waals surface area (Å²) >= 11 is 3.02. The molecule has 0 unspecified atom stereocenters. The lowest BCUT2D eigenvalue weighted by atomic mass is 10.0. The monoisotopic (exact) mass is 328 g/mol. The summed E-state index contributed by atoms with van der Waals surface area (Å²) in [6.45, 7) is 0.914. The zero-order valence-corrected chi connectivity index (χ0v) is 11.8. The number of pyridine rings is 1. The first-order chi connectivity index (χ1) is 9.13. The average Bonchev–Trinajstić information content (AvgIpc) is 2.42. The molecule has 19 heavy (non-hydrogen) atoms. The second kappa shape index (κ2) is 4.68. The predicted molar refractivity (Wildman–Crippen MR) is 72.3 cm³/mol. The molecule has 0 amide bonds. The van der Waals surface area contributed by atoms with Crippen LogP contribution in [-0.4, -0.2) is 18.6 Å². The molecule has 3 nitrogen and oxygen atoms in total. The Morgan fingerprint density at radius 2 is 2.21 bits per heavy atom. The summed E-state index contributed by atoms with van der Waals surface area (Å²) in [5, 5.41) is 3.11. The topological polar surface area (TPSA) is 34.2 Å². The zero-order valence-electron chi connectivity index (χ0n) is 10.2. The van der Waals surface area contributed by atoms with Gasteiger partial charge in [0, 0.05) is 19.0 Å². The fourth-order valence-corrected chi connectivity index (χ4v) is 2.80. The van der Waals surface area contributed by atoms with Gasteiger partial charge in [-0.25, -0.2) is 13.8 Å². The molecule has 0 fully saturated rings. The molecule has 0 saturated carbocycles. The Hall–Kier alpha value is -1.27. The maximum Gasteiger partial charge on any atom is 0.150 e. The Morgan fingerprint density at radius 1 is 1.42 bits per heavy atom. The van der Waals surface area contributed by atoms with Gasteiger partial charge in [-0.2, -0.15) is 0 Å². The molecule has 1 aromatic heterocycles. The number of benzene rings is 1. The van der Waals surface area contributed by atoms with Crippen molar-refractivity contribution in [2.24, 2.45) is 0 Å². The molecule has 0 radical (unpaired) electrons. The lowest BCUT2D eigenvalue weighted by Gasteiger charge is -2.21. The Labute approximate surface area is 117 Å². The van der Waals surface area contributed by atoms with Gasteiger partial charge in [-0.05, 0) is 22.0 Å². The number of hydrogen-bond acceptors (Lipinski definition) is 3. The highest BCUT2D eigenvalue weighted by atomic mass is 79.9. The van der Waals surface area contributed by atoms with Gasteiger partial charge in [-0.1, -0.05) is 0 Å². The van der Waals surface area contributed by atoms with Crippen LogP contribution in [0.15, 0.2) is 10.5 Å². The van der Waals surface area contributed by atoms with Crippen molar-refractivity contribution in [2.75, 3.05) is 19.0 Å². The van der Waals surface area contributed by atoms with E-state index in [1.165, 1.54) is 0 Å². The van der Waals surface area contributed by atoms with Crippen molar-refractivity contribution in [1.29, 1.82) is 0 Å². The molecule has 100 valence electrons. The van der Waals surface area contributed by atoms with Crippen molar-refractivity contribution in [3.63, 3.8) is 0 Å². The van der Waals surface area contributed by atoms with Crippen LogP contribution in [0.25, 0.3) is 10.9 Å². The van der Waals surface area contributed by atoms with Gasteiger partial charge in [-0.3, -0.25) is 0 Å². The molecule has 0 aliphatic carbocycles. The Bertz CT molecular complexity index is 676. The molecular weight excluding hydrogens is 318 g/mol. The number of nitrogens with zero attached hydrogens (tertiary/aromatic N) is 1. The minimum Gasteiger partial charge on any atom is -0.387 e. The first-order valence-electron chi connectivity index (χ1n) is 5.88. The molecule has 6 heteroatoms. The third kappa shape index (κ3) is 1.90. The summed E-state index contributed by atoms with van der Waals surface area (Å²) in [4.78, 5) is 4.27. The van der Waals surface area contributed by atoms with Gasteiger partial charge in [0.15, 0.2) is 5.82 Å². The normalized spacial score (nSPS) is 14.5. The second-order valence-electron chi connectivity index (χ2n) is 4.34. The number of halogens is 3. The second-order valence-corrected chi connectivity index (χ2v) is 5.20. The number of ether oxygens (including phenoxy) is 1. The van der Waals surface area contributed by atoms with Crippen molar-refractivity contribution in [3.8, 4) is 0 Å². The largest absolute Gasteiger partial charge is 0.387 e. The number of hydrogen-bond donors (Lipinski definition) is 1. The molecule has 3 rings (SSSR count). The van der Waals surface area contributed by atoms with E-state index in [1.807, 2.05) is 0 Å². The zero-order chi connectivity index (χ0) is 13.6. The molecule has 0 atom stereocenters. The highest BCUT2D eigenvalue weighted by molar-refractivity contribution is 9.10. The van der Waals surface area contributed by atoms with Crippen LogP contribution in [0.4, 0.5) is 14.5 Å². The van der Waals surface area contributed by atoms with E-state index in [4.69, 9.17) is 4.74 Å². The van der Waals surface area contributed by atoms with E-state index >= 15 is 0 Å². The molecule has 1 aliphatic rings. The summed E-state index contributed by atoms with van der Waals surface area (Å²) in [7, 11) is 1.68. The van der Waals surface area contributed by atoms with E-state index < -0.39 is 11.6 Å². The van der Waals surface area contributed by atoms with Crippen molar-refractivity contribution >= 4 is 32.5 Å². The summed E-state index contributed by atoms with van der Waals surface area (Å²) < 4.78 is 33.7. The van der Waals surface area contributed by atoms with E-state index in [0.717, 1.165) is 17.3 Å². The molecule has 1 aliphatic heterocycles. The number of anilines is 1. The molecular formula is C13H11BrF2N2O. The third-order valence-corrected chi connectivity index (χ3v) is 3.85. The summed E-state index contributed by atoms with van der Waals surface area (Å²) in [6.07, 6.45) is 0.608. The van der Waals surface area contributed by atoms with Gasteiger partial charge >= 0.3 is 0 Å². The summed E-state index contributed by atoms with van der Waals surface area (Å²) in [5.41, 5.74) is 2.18. The van der Waals surface area contributed by atoms with Crippen molar-refractivity contribution in [1.82, 2.24) is 4.98 Å². The first kappa shape index (κ1) is 12.7. The van der Waals surface area contributed by atoms with Crippen molar-refractivity contribution in [3.05, 3.63) is 33.4 Å². The Kier molecular flexibility index (Phi) is 3.14. The van der Waals surface area contributed by atoms with Crippen LogP contribution < -0.4 is 5.32 Å². The number of nitrogens with one attached hydrogen (secondary N) is 1. The SMILES string of the molecule is CNc1c2c(nc3c(F)cc(Br)c(F)c13)CCOC2. The van der Waals surface area contributed by atoms with Crippen LogP contribution in [0.3, 0.4) is 0 Å². The van der Waals surface area contributed by atoms with Gasteiger partial charge in [-0.15, -0.1) is 0 Å². The molecule has 0 spiro atoms. The maximum absolute atomic E-state index is 14.3. The van der Waals surface area contributed by atoms with Crippen LogP contribution in [0.2, 0.25) is 0 Å². The predicted octanol–water partition coefficient (Wildman–Crippen LogP) is 3.39.